The van der Waals surface area contributed by atoms with Crippen molar-refractivity contribution in [3.05, 3.63) is 243 Å². The molecule has 7 N–H and O–H groups in total. The number of nitrogens with one attached hydrogen (secondary N) is 3. The van der Waals surface area contributed by atoms with Crippen molar-refractivity contribution in [1.29, 1.82) is 0 Å². The molecule has 0 spiro atoms. The lowest BCUT2D eigenvalue weighted by molar-refractivity contribution is -0.114. The SMILES string of the molecule is COc1ccccc1C(=O)NCC1(c2ccccc2)CCC(O)=C(C(C)=O)C1.COc1ccccc1C(=O)NCC1(c2ccccc2)CCc2noc(C)c2C1.COc1ccccc1C(=O)NCC1(c2ccccc2)CCc2onc(C)c2C1.NO. The van der Waals surface area contributed by atoms with Gasteiger partial charge < -0.3 is 49.5 Å². The fourth-order valence-electron chi connectivity index (χ4n) is 12.1. The van der Waals surface area contributed by atoms with Gasteiger partial charge >= 0.3 is 0 Å². The van der Waals surface area contributed by atoms with E-state index in [4.69, 9.17) is 28.5 Å². The number of Topliss-reactive ketones (excluding diaryl/α,β-unsaturated/α-hetero) is 1. The van der Waals surface area contributed by atoms with Crippen LogP contribution >= 0.6 is 0 Å². The first-order valence-corrected chi connectivity index (χ1v) is 28.7. The molecule has 3 unspecified atom stereocenters. The first-order chi connectivity index (χ1) is 41.7. The Balaban J connectivity index is 0.000000165. The molecule has 0 aliphatic heterocycles. The van der Waals surface area contributed by atoms with Crippen molar-refractivity contribution in [1.82, 2.24) is 26.3 Å². The summed E-state index contributed by atoms with van der Waals surface area (Å²) in [6.45, 7) is 6.85. The molecule has 0 bridgehead atoms. The van der Waals surface area contributed by atoms with Crippen molar-refractivity contribution in [2.24, 2.45) is 5.90 Å². The summed E-state index contributed by atoms with van der Waals surface area (Å²) in [4.78, 5) is 50.6. The van der Waals surface area contributed by atoms with Crippen molar-refractivity contribution in [3.63, 3.8) is 0 Å². The third kappa shape index (κ3) is 14.2. The number of ether oxygens (including phenoxy) is 3. The van der Waals surface area contributed by atoms with E-state index in [2.05, 4.69) is 80.7 Å². The second-order valence-corrected chi connectivity index (χ2v) is 21.9. The standard InChI is InChI=1S/2C23H24N2O3.C23H25NO4.H3NO/c1-16-19-14-23(13-12-20(19)25-28-16,17-8-4-3-5-9-17)15-24-22(26)18-10-6-7-11-21(18)27-2;1-16-19-14-23(13-12-21(19)28-25-16,17-8-4-3-5-9-17)15-24-22(26)18-10-6-7-11-20(18)27-2;1-16(25)19-14-23(13-12-20(19)26,17-8-4-3-5-9-17)15-24-22(27)18-10-6-7-11-21(18)28-2;1-2/h2*3-11H,12-15H2,1-2H3,(H,24,26);3-11,26H,12-15H2,1-2H3,(H,24,27);2H,1H2. The number of methoxy groups -OCH3 is 3. The molecule has 448 valence electrons. The van der Waals surface area contributed by atoms with Crippen LogP contribution in [-0.2, 0) is 46.7 Å². The predicted octanol–water partition coefficient (Wildman–Crippen LogP) is 11.0. The number of amides is 3. The number of benzene rings is 6. The van der Waals surface area contributed by atoms with E-state index in [1.54, 1.807) is 56.7 Å². The van der Waals surface area contributed by atoms with E-state index in [1.165, 1.54) is 36.3 Å². The molecule has 6 aromatic carbocycles. The lowest BCUT2D eigenvalue weighted by Gasteiger charge is -2.38. The Morgan fingerprint density at radius 2 is 0.872 bits per heavy atom. The summed E-state index contributed by atoms with van der Waals surface area (Å²) >= 11 is 0. The highest BCUT2D eigenvalue weighted by molar-refractivity contribution is 5.98. The average Bonchev–Trinajstić information content (AvgIpc) is 2.24. The molecule has 86 heavy (non-hydrogen) atoms. The number of aromatic nitrogens is 2. The minimum absolute atomic E-state index is 0.124. The highest BCUT2D eigenvalue weighted by Gasteiger charge is 2.42. The van der Waals surface area contributed by atoms with E-state index < -0.39 is 5.41 Å². The van der Waals surface area contributed by atoms with Crippen LogP contribution in [0.1, 0.15) is 121 Å². The van der Waals surface area contributed by atoms with Gasteiger partial charge in [0.1, 0.15) is 28.8 Å². The number of hydrogen-bond donors (Lipinski definition) is 6. The Bertz CT molecular complexity index is 3460. The number of carbonyl (C=O) groups is 4. The Morgan fingerprint density at radius 1 is 0.500 bits per heavy atom. The Morgan fingerprint density at radius 3 is 1.29 bits per heavy atom. The van der Waals surface area contributed by atoms with Gasteiger partial charge in [-0.3, -0.25) is 19.2 Å². The van der Waals surface area contributed by atoms with Crippen molar-refractivity contribution in [2.45, 2.75) is 94.8 Å². The topological polar surface area (TPSA) is 251 Å². The molecule has 0 radical (unpaired) electrons. The zero-order valence-corrected chi connectivity index (χ0v) is 49.6. The summed E-state index contributed by atoms with van der Waals surface area (Å²) in [6.07, 6.45) is 6.50. The highest BCUT2D eigenvalue weighted by Crippen LogP contribution is 2.43. The molecule has 0 saturated heterocycles. The quantitative estimate of drug-likeness (QED) is 0.0493. The van der Waals surface area contributed by atoms with Gasteiger partial charge in [-0.15, -0.1) is 0 Å². The second kappa shape index (κ2) is 29.0. The lowest BCUT2D eigenvalue weighted by atomic mass is 9.68. The van der Waals surface area contributed by atoms with E-state index in [9.17, 15) is 24.3 Å². The third-order valence-corrected chi connectivity index (χ3v) is 16.9. The molecule has 3 aliphatic rings. The van der Waals surface area contributed by atoms with Gasteiger partial charge in [0.2, 0.25) is 0 Å². The fourth-order valence-corrected chi connectivity index (χ4v) is 12.1. The van der Waals surface area contributed by atoms with Crippen LogP contribution in [0.15, 0.2) is 184 Å². The number of rotatable bonds is 16. The number of allylic oxidation sites excluding steroid dienone is 2. The van der Waals surface area contributed by atoms with Gasteiger partial charge in [-0.05, 0) is 119 Å². The number of aliphatic hydroxyl groups is 1. The van der Waals surface area contributed by atoms with E-state index in [0.717, 1.165) is 67.0 Å². The van der Waals surface area contributed by atoms with Gasteiger partial charge in [0, 0.05) is 65.4 Å². The minimum atomic E-state index is -0.452. The number of hydrogen-bond acceptors (Lipinski definition) is 14. The van der Waals surface area contributed by atoms with E-state index in [0.29, 0.717) is 78.4 Å². The molecule has 3 amide bonds. The molecule has 8 aromatic rings. The number of nitrogens with zero attached hydrogens (tertiary/aromatic N) is 2. The highest BCUT2D eigenvalue weighted by atomic mass is 16.5. The van der Waals surface area contributed by atoms with Crippen molar-refractivity contribution in [3.8, 4) is 17.2 Å². The molecule has 17 nitrogen and oxygen atoms in total. The number of para-hydroxylation sites is 3. The maximum Gasteiger partial charge on any atom is 0.255 e. The molecule has 3 aliphatic carbocycles. The van der Waals surface area contributed by atoms with Gasteiger partial charge in [-0.2, -0.15) is 0 Å². The lowest BCUT2D eigenvalue weighted by Crippen LogP contribution is -2.44. The fraction of sp³-hybridized carbons (Fsp3) is 0.304. The Kier molecular flexibility index (Phi) is 21.1. The average molecular weight is 1170 g/mol. The van der Waals surface area contributed by atoms with Gasteiger partial charge in [-0.1, -0.05) is 138 Å². The van der Waals surface area contributed by atoms with Gasteiger partial charge in [0.25, 0.3) is 17.7 Å². The number of carbonyl (C=O) groups excluding carboxylic acids is 4. The molecule has 3 atom stereocenters. The molecule has 0 saturated carbocycles. The summed E-state index contributed by atoms with van der Waals surface area (Å²) in [5.74, 6) is 6.57. The summed E-state index contributed by atoms with van der Waals surface area (Å²) < 4.78 is 26.9. The van der Waals surface area contributed by atoms with Gasteiger partial charge in [0.15, 0.2) is 5.78 Å². The van der Waals surface area contributed by atoms with Gasteiger partial charge in [0.05, 0.1) is 55.2 Å². The second-order valence-electron chi connectivity index (χ2n) is 21.9. The number of aryl methyl sites for hydroxylation is 4. The number of fused-ring (bicyclic) bond motifs is 2. The first kappa shape index (κ1) is 62.7. The number of aliphatic hydroxyl groups excluding tert-OH is 1. The third-order valence-electron chi connectivity index (χ3n) is 16.9. The van der Waals surface area contributed by atoms with Crippen molar-refractivity contribution >= 4 is 23.5 Å². The van der Waals surface area contributed by atoms with Crippen molar-refractivity contribution in [2.75, 3.05) is 41.0 Å². The van der Waals surface area contributed by atoms with Crippen LogP contribution in [0.5, 0.6) is 17.2 Å². The van der Waals surface area contributed by atoms with Crippen LogP contribution in [0.4, 0.5) is 0 Å². The van der Waals surface area contributed by atoms with E-state index >= 15 is 0 Å². The molecule has 17 heteroatoms. The molecule has 2 aromatic heterocycles. The van der Waals surface area contributed by atoms with Crippen LogP contribution in [0, 0.1) is 13.8 Å². The smallest absolute Gasteiger partial charge is 0.255 e. The van der Waals surface area contributed by atoms with Crippen LogP contribution in [-0.4, -0.2) is 85.1 Å². The molecule has 11 rings (SSSR count). The molecular weight excluding hydrogens is 1090 g/mol. The molecule has 0 fully saturated rings. The Hall–Kier alpha value is -9.32. The van der Waals surface area contributed by atoms with Crippen LogP contribution in [0.2, 0.25) is 0 Å². The summed E-state index contributed by atoms with van der Waals surface area (Å²) in [5.41, 5.74) is 8.98. The zero-order valence-electron chi connectivity index (χ0n) is 49.6. The summed E-state index contributed by atoms with van der Waals surface area (Å²) in [5, 5.41) is 34.4. The molecular formula is C69H76N6O11. The zero-order chi connectivity index (χ0) is 61.3. The van der Waals surface area contributed by atoms with Crippen molar-refractivity contribution < 1.29 is 52.7 Å². The summed E-state index contributed by atoms with van der Waals surface area (Å²) in [6, 6.07) is 52.3. The molecule has 2 heterocycles. The largest absolute Gasteiger partial charge is 0.512 e. The number of ketones is 1. The maximum absolute atomic E-state index is 12.9. The summed E-state index contributed by atoms with van der Waals surface area (Å²) in [7, 11) is 4.69. The van der Waals surface area contributed by atoms with Gasteiger partial charge in [-0.25, -0.2) is 5.90 Å². The first-order valence-electron chi connectivity index (χ1n) is 28.7. The van der Waals surface area contributed by atoms with E-state index in [1.807, 2.05) is 86.6 Å². The predicted molar refractivity (Wildman–Crippen MR) is 327 cm³/mol. The minimum Gasteiger partial charge on any atom is -0.512 e. The normalized spacial score (nSPS) is 18.3. The Labute approximate surface area is 501 Å². The number of nitrogens with two attached hydrogens (primary N) is 1. The van der Waals surface area contributed by atoms with Crippen LogP contribution in [0.3, 0.4) is 0 Å². The monoisotopic (exact) mass is 1160 g/mol. The maximum atomic E-state index is 12.9. The van der Waals surface area contributed by atoms with Crippen LogP contribution < -0.4 is 36.1 Å². The van der Waals surface area contributed by atoms with E-state index in [-0.39, 0.29) is 40.1 Å². The van der Waals surface area contributed by atoms with Crippen LogP contribution in [0.25, 0.3) is 0 Å².